The molecule has 0 amide bonds. The summed E-state index contributed by atoms with van der Waals surface area (Å²) in [6.07, 6.45) is 2.10. The Kier molecular flexibility index (Phi) is 3.00. The Hall–Kier alpha value is -1.47. The molecule has 0 saturated heterocycles. The molecule has 0 N–H and O–H groups in total. The van der Waals surface area contributed by atoms with Crippen LogP contribution in [-0.4, -0.2) is 7.11 Å². The lowest BCUT2D eigenvalue weighted by Crippen LogP contribution is -1.97. The molecule has 1 aliphatic carbocycles. The highest BCUT2D eigenvalue weighted by atomic mass is 35.5. The van der Waals surface area contributed by atoms with E-state index in [-0.39, 0.29) is 5.38 Å². The van der Waals surface area contributed by atoms with E-state index in [2.05, 4.69) is 36.4 Å². The van der Waals surface area contributed by atoms with Gasteiger partial charge < -0.3 is 4.74 Å². The van der Waals surface area contributed by atoms with E-state index in [0.717, 1.165) is 18.6 Å². The molecule has 0 heterocycles. The minimum absolute atomic E-state index is 0.0752. The average Bonchev–Trinajstić information content (AvgIpc) is 2.57. The molecule has 3 rings (SSSR count). The van der Waals surface area contributed by atoms with Gasteiger partial charge in [-0.3, -0.25) is 0 Å². The predicted octanol–water partition coefficient (Wildman–Crippen LogP) is 4.12. The normalized spacial score (nSPS) is 17.6. The minimum atomic E-state index is -0.0752. The van der Waals surface area contributed by atoms with Crippen LogP contribution in [0.15, 0.2) is 42.5 Å². The molecule has 0 fully saturated rings. The number of alkyl halides is 1. The second-order valence-electron chi connectivity index (χ2n) is 4.63. The third-order valence-corrected chi connectivity index (χ3v) is 4.09. The number of aryl methyl sites for hydroxylation is 2. The molecule has 0 aliphatic heterocycles. The van der Waals surface area contributed by atoms with Gasteiger partial charge in [0.05, 0.1) is 12.5 Å². The highest BCUT2D eigenvalue weighted by Gasteiger charge is 2.21. The van der Waals surface area contributed by atoms with E-state index in [9.17, 15) is 0 Å². The van der Waals surface area contributed by atoms with Crippen LogP contribution in [0.3, 0.4) is 0 Å². The molecule has 0 aromatic heterocycles. The van der Waals surface area contributed by atoms with Crippen LogP contribution in [0.5, 0.6) is 5.75 Å². The van der Waals surface area contributed by atoms with Gasteiger partial charge in [0.25, 0.3) is 0 Å². The maximum Gasteiger partial charge on any atom is 0.119 e. The van der Waals surface area contributed by atoms with E-state index in [1.54, 1.807) is 7.11 Å². The number of ether oxygens (including phenoxy) is 1. The third kappa shape index (κ3) is 1.89. The largest absolute Gasteiger partial charge is 0.497 e. The summed E-state index contributed by atoms with van der Waals surface area (Å²) < 4.78 is 5.30. The summed E-state index contributed by atoms with van der Waals surface area (Å²) in [6, 6.07) is 14.6. The van der Waals surface area contributed by atoms with Gasteiger partial charge in [-0.05, 0) is 47.2 Å². The second kappa shape index (κ2) is 4.66. The van der Waals surface area contributed by atoms with Crippen LogP contribution in [-0.2, 0) is 12.8 Å². The fourth-order valence-corrected chi connectivity index (χ4v) is 3.03. The monoisotopic (exact) mass is 258 g/mol. The van der Waals surface area contributed by atoms with Crippen molar-refractivity contribution in [1.82, 2.24) is 0 Å². The quantitative estimate of drug-likeness (QED) is 0.699. The fraction of sp³-hybridized carbons (Fsp3) is 0.250. The summed E-state index contributed by atoms with van der Waals surface area (Å²) in [4.78, 5) is 0. The van der Waals surface area contributed by atoms with Crippen molar-refractivity contribution in [3.63, 3.8) is 0 Å². The number of rotatable bonds is 1. The number of methoxy groups -OCH3 is 1. The lowest BCUT2D eigenvalue weighted by atomic mass is 9.99. The lowest BCUT2D eigenvalue weighted by molar-refractivity contribution is 0.414. The van der Waals surface area contributed by atoms with Crippen LogP contribution in [0, 0.1) is 0 Å². The summed E-state index contributed by atoms with van der Waals surface area (Å²) in [6.45, 7) is 0. The van der Waals surface area contributed by atoms with Gasteiger partial charge in [0, 0.05) is 0 Å². The Morgan fingerprint density at radius 1 is 1.00 bits per heavy atom. The fourth-order valence-electron chi connectivity index (χ4n) is 2.61. The van der Waals surface area contributed by atoms with E-state index < -0.39 is 0 Å². The lowest BCUT2D eigenvalue weighted by Gasteiger charge is -2.14. The molecule has 1 atom stereocenters. The van der Waals surface area contributed by atoms with Crippen LogP contribution in [0.2, 0.25) is 0 Å². The first-order valence-corrected chi connectivity index (χ1v) is 6.62. The average molecular weight is 259 g/mol. The molecule has 0 radical (unpaired) electrons. The summed E-state index contributed by atoms with van der Waals surface area (Å²) >= 11 is 6.66. The standard InChI is InChI=1S/C16H15ClO/c1-18-13-9-8-12-7-6-11-4-2-3-5-14(11)16(17)15(12)10-13/h2-5,8-10,16H,6-7H2,1H3. The predicted molar refractivity (Wildman–Crippen MR) is 74.5 cm³/mol. The van der Waals surface area contributed by atoms with Crippen LogP contribution in [0.1, 0.15) is 27.6 Å². The molecule has 1 nitrogen and oxygen atoms in total. The molecule has 92 valence electrons. The number of benzene rings is 2. The molecular weight excluding hydrogens is 244 g/mol. The highest BCUT2D eigenvalue weighted by molar-refractivity contribution is 6.23. The molecule has 18 heavy (non-hydrogen) atoms. The van der Waals surface area contributed by atoms with Gasteiger partial charge in [-0.1, -0.05) is 30.3 Å². The molecule has 0 bridgehead atoms. The Morgan fingerprint density at radius 3 is 2.50 bits per heavy atom. The van der Waals surface area contributed by atoms with Gasteiger partial charge in [0.2, 0.25) is 0 Å². The van der Waals surface area contributed by atoms with Crippen molar-refractivity contribution in [2.24, 2.45) is 0 Å². The van der Waals surface area contributed by atoms with Crippen LogP contribution >= 0.6 is 11.6 Å². The topological polar surface area (TPSA) is 9.23 Å². The van der Waals surface area contributed by atoms with Crippen LogP contribution < -0.4 is 4.74 Å². The van der Waals surface area contributed by atoms with Gasteiger partial charge in [0.15, 0.2) is 0 Å². The smallest absolute Gasteiger partial charge is 0.119 e. The first kappa shape index (κ1) is 11.6. The molecule has 0 saturated carbocycles. The zero-order valence-electron chi connectivity index (χ0n) is 10.3. The minimum Gasteiger partial charge on any atom is -0.497 e. The van der Waals surface area contributed by atoms with Gasteiger partial charge in [-0.2, -0.15) is 0 Å². The maximum absolute atomic E-state index is 6.66. The molecule has 1 unspecified atom stereocenters. The first-order valence-electron chi connectivity index (χ1n) is 6.18. The third-order valence-electron chi connectivity index (χ3n) is 3.62. The number of fused-ring (bicyclic) bond motifs is 2. The zero-order valence-corrected chi connectivity index (χ0v) is 11.1. The Labute approximate surface area is 112 Å². The number of halogens is 1. The van der Waals surface area contributed by atoms with E-state index in [1.165, 1.54) is 22.3 Å². The van der Waals surface area contributed by atoms with Gasteiger partial charge in [0.1, 0.15) is 5.75 Å². The van der Waals surface area contributed by atoms with Crippen molar-refractivity contribution >= 4 is 11.6 Å². The zero-order chi connectivity index (χ0) is 12.5. The number of hydrogen-bond acceptors (Lipinski definition) is 1. The first-order chi connectivity index (χ1) is 8.79. The maximum atomic E-state index is 6.66. The van der Waals surface area contributed by atoms with Gasteiger partial charge in [-0.25, -0.2) is 0 Å². The van der Waals surface area contributed by atoms with Gasteiger partial charge in [-0.15, -0.1) is 11.6 Å². The molecular formula is C16H15ClO. The van der Waals surface area contributed by atoms with Crippen LogP contribution in [0.4, 0.5) is 0 Å². The number of hydrogen-bond donors (Lipinski definition) is 0. The highest BCUT2D eigenvalue weighted by Crippen LogP contribution is 2.38. The Bertz CT molecular complexity index is 577. The van der Waals surface area contributed by atoms with Crippen molar-refractivity contribution in [1.29, 1.82) is 0 Å². The SMILES string of the molecule is COc1ccc2c(c1)C(Cl)c1ccccc1CC2. The molecule has 2 heteroatoms. The molecule has 0 spiro atoms. The summed E-state index contributed by atoms with van der Waals surface area (Å²) in [5.41, 5.74) is 5.09. The van der Waals surface area contributed by atoms with Gasteiger partial charge >= 0.3 is 0 Å². The molecule has 2 aromatic rings. The van der Waals surface area contributed by atoms with E-state index in [1.807, 2.05) is 6.07 Å². The van der Waals surface area contributed by atoms with Crippen molar-refractivity contribution in [2.75, 3.05) is 7.11 Å². The second-order valence-corrected chi connectivity index (χ2v) is 5.06. The Morgan fingerprint density at radius 2 is 1.72 bits per heavy atom. The summed E-state index contributed by atoms with van der Waals surface area (Å²) in [7, 11) is 1.69. The Balaban J connectivity index is 2.14. The van der Waals surface area contributed by atoms with E-state index >= 15 is 0 Å². The molecule has 2 aromatic carbocycles. The van der Waals surface area contributed by atoms with Crippen molar-refractivity contribution in [3.8, 4) is 5.75 Å². The van der Waals surface area contributed by atoms with Crippen molar-refractivity contribution < 1.29 is 4.74 Å². The molecule has 1 aliphatic rings. The van der Waals surface area contributed by atoms with Crippen molar-refractivity contribution in [3.05, 3.63) is 64.7 Å². The van der Waals surface area contributed by atoms with Crippen LogP contribution in [0.25, 0.3) is 0 Å². The summed E-state index contributed by atoms with van der Waals surface area (Å²) in [5.74, 6) is 0.874. The van der Waals surface area contributed by atoms with E-state index in [4.69, 9.17) is 16.3 Å². The van der Waals surface area contributed by atoms with Crippen molar-refractivity contribution in [2.45, 2.75) is 18.2 Å². The summed E-state index contributed by atoms with van der Waals surface area (Å²) in [5, 5.41) is -0.0752. The van der Waals surface area contributed by atoms with E-state index in [0.29, 0.717) is 0 Å².